The van der Waals surface area contributed by atoms with Crippen LogP contribution >= 0.6 is 11.8 Å². The topological polar surface area (TPSA) is 73.3 Å². The molecule has 0 spiro atoms. The van der Waals surface area contributed by atoms with Crippen molar-refractivity contribution in [2.24, 2.45) is 5.92 Å². The molecule has 1 aromatic rings. The van der Waals surface area contributed by atoms with Gasteiger partial charge in [0.2, 0.25) is 5.88 Å². The standard InChI is InChI=1S/C14H17N3O3S/c1-3-20-14(18)8-5-4-6-9-10(8)17-11-12(19-2)15-7-16-13(11)21-9/h7-8,17H,3-6H2,1-2H3. The Morgan fingerprint density at radius 2 is 2.38 bits per heavy atom. The quantitative estimate of drug-likeness (QED) is 0.679. The third-order valence-electron chi connectivity index (χ3n) is 3.57. The number of nitrogens with zero attached hydrogens (tertiary/aromatic N) is 2. The van der Waals surface area contributed by atoms with Gasteiger partial charge in [-0.15, -0.1) is 0 Å². The van der Waals surface area contributed by atoms with E-state index in [1.807, 2.05) is 6.92 Å². The van der Waals surface area contributed by atoms with E-state index in [0.717, 1.165) is 40.6 Å². The van der Waals surface area contributed by atoms with E-state index >= 15 is 0 Å². The minimum absolute atomic E-state index is 0.169. The number of hydrogen-bond donors (Lipinski definition) is 1. The number of esters is 1. The molecular formula is C14H17N3O3S. The van der Waals surface area contributed by atoms with E-state index in [1.54, 1.807) is 18.9 Å². The first-order valence-electron chi connectivity index (χ1n) is 6.98. The van der Waals surface area contributed by atoms with Crippen molar-refractivity contribution in [3.8, 4) is 5.88 Å². The highest BCUT2D eigenvalue weighted by Crippen LogP contribution is 2.48. The molecule has 1 aliphatic heterocycles. The van der Waals surface area contributed by atoms with E-state index in [2.05, 4.69) is 15.3 Å². The number of aromatic nitrogens is 2. The number of rotatable bonds is 3. The number of nitrogens with one attached hydrogen (secondary N) is 1. The maximum atomic E-state index is 12.2. The molecule has 0 bridgehead atoms. The van der Waals surface area contributed by atoms with Crippen molar-refractivity contribution in [1.82, 2.24) is 9.97 Å². The Labute approximate surface area is 127 Å². The second kappa shape index (κ2) is 5.93. The fraction of sp³-hybridized carbons (Fsp3) is 0.500. The summed E-state index contributed by atoms with van der Waals surface area (Å²) >= 11 is 1.59. The molecular weight excluding hydrogens is 290 g/mol. The number of carbonyl (C=O) groups excluding carboxylic acids is 1. The molecule has 0 saturated carbocycles. The van der Waals surface area contributed by atoms with Crippen molar-refractivity contribution in [2.45, 2.75) is 31.2 Å². The molecule has 2 heterocycles. The Morgan fingerprint density at radius 1 is 1.52 bits per heavy atom. The van der Waals surface area contributed by atoms with Gasteiger partial charge in [-0.1, -0.05) is 11.8 Å². The molecule has 0 aromatic carbocycles. The summed E-state index contributed by atoms with van der Waals surface area (Å²) in [7, 11) is 1.57. The molecule has 1 N–H and O–H groups in total. The summed E-state index contributed by atoms with van der Waals surface area (Å²) in [5, 5.41) is 4.15. The monoisotopic (exact) mass is 307 g/mol. The van der Waals surface area contributed by atoms with Crippen molar-refractivity contribution in [3.05, 3.63) is 16.9 Å². The van der Waals surface area contributed by atoms with Gasteiger partial charge in [0.15, 0.2) is 0 Å². The number of anilines is 1. The molecule has 6 nitrogen and oxygen atoms in total. The summed E-state index contributed by atoms with van der Waals surface area (Å²) in [4.78, 5) is 21.7. The van der Waals surface area contributed by atoms with Crippen LogP contribution in [0.2, 0.25) is 0 Å². The van der Waals surface area contributed by atoms with Crippen LogP contribution in [0.4, 0.5) is 5.69 Å². The molecule has 0 radical (unpaired) electrons. The van der Waals surface area contributed by atoms with Gasteiger partial charge in [0, 0.05) is 10.6 Å². The van der Waals surface area contributed by atoms with Crippen LogP contribution < -0.4 is 10.1 Å². The molecule has 0 saturated heterocycles. The number of hydrogen-bond acceptors (Lipinski definition) is 7. The average molecular weight is 307 g/mol. The van der Waals surface area contributed by atoms with E-state index in [1.165, 1.54) is 6.33 Å². The Morgan fingerprint density at radius 3 is 3.14 bits per heavy atom. The zero-order valence-electron chi connectivity index (χ0n) is 12.0. The number of thioether (sulfide) groups is 1. The van der Waals surface area contributed by atoms with Gasteiger partial charge < -0.3 is 14.8 Å². The fourth-order valence-electron chi connectivity index (χ4n) is 2.63. The summed E-state index contributed by atoms with van der Waals surface area (Å²) < 4.78 is 10.5. The van der Waals surface area contributed by atoms with Crippen molar-refractivity contribution < 1.29 is 14.3 Å². The predicted octanol–water partition coefficient (Wildman–Crippen LogP) is 2.58. The Bertz CT molecular complexity index is 603. The molecule has 1 aliphatic carbocycles. The second-order valence-electron chi connectivity index (χ2n) is 4.82. The highest BCUT2D eigenvalue weighted by molar-refractivity contribution is 8.03. The Hall–Kier alpha value is -1.76. The molecule has 0 amide bonds. The molecule has 1 unspecified atom stereocenters. The smallest absolute Gasteiger partial charge is 0.314 e. The minimum atomic E-state index is -0.237. The summed E-state index contributed by atoms with van der Waals surface area (Å²) in [6.45, 7) is 2.22. The lowest BCUT2D eigenvalue weighted by Gasteiger charge is -2.31. The molecule has 1 atom stereocenters. The first kappa shape index (κ1) is 14.2. The lowest BCUT2D eigenvalue weighted by Crippen LogP contribution is -2.28. The molecule has 3 rings (SSSR count). The molecule has 0 fully saturated rings. The first-order chi connectivity index (χ1) is 10.2. The van der Waals surface area contributed by atoms with Crippen LogP contribution in [0.25, 0.3) is 0 Å². The predicted molar refractivity (Wildman–Crippen MR) is 79.1 cm³/mol. The highest BCUT2D eigenvalue weighted by Gasteiger charge is 2.35. The normalized spacial score (nSPS) is 20.2. The number of fused-ring (bicyclic) bond motifs is 1. The van der Waals surface area contributed by atoms with Crippen molar-refractivity contribution in [1.29, 1.82) is 0 Å². The van der Waals surface area contributed by atoms with E-state index in [9.17, 15) is 4.79 Å². The van der Waals surface area contributed by atoms with Crippen LogP contribution in [-0.4, -0.2) is 29.7 Å². The highest BCUT2D eigenvalue weighted by atomic mass is 32.2. The van der Waals surface area contributed by atoms with Crippen LogP contribution in [0, 0.1) is 5.92 Å². The van der Waals surface area contributed by atoms with Crippen LogP contribution in [0.15, 0.2) is 22.0 Å². The van der Waals surface area contributed by atoms with Crippen LogP contribution in [-0.2, 0) is 9.53 Å². The van der Waals surface area contributed by atoms with Crippen LogP contribution in [0.5, 0.6) is 5.88 Å². The molecule has 2 aliphatic rings. The summed E-state index contributed by atoms with van der Waals surface area (Å²) in [6, 6.07) is 0. The minimum Gasteiger partial charge on any atom is -0.479 e. The summed E-state index contributed by atoms with van der Waals surface area (Å²) in [5.74, 6) is 0.0866. The zero-order chi connectivity index (χ0) is 14.8. The number of ether oxygens (including phenoxy) is 2. The van der Waals surface area contributed by atoms with Gasteiger partial charge >= 0.3 is 5.97 Å². The summed E-state index contributed by atoms with van der Waals surface area (Å²) in [5.41, 5.74) is 1.66. The molecule has 1 aromatic heterocycles. The van der Waals surface area contributed by atoms with Gasteiger partial charge in [-0.05, 0) is 26.2 Å². The van der Waals surface area contributed by atoms with E-state index in [4.69, 9.17) is 9.47 Å². The first-order valence-corrected chi connectivity index (χ1v) is 7.79. The third-order valence-corrected chi connectivity index (χ3v) is 4.74. The Kier molecular flexibility index (Phi) is 4.01. The van der Waals surface area contributed by atoms with Crippen molar-refractivity contribution >= 4 is 23.4 Å². The van der Waals surface area contributed by atoms with Gasteiger partial charge in [0.05, 0.1) is 19.6 Å². The van der Waals surface area contributed by atoms with E-state index in [0.29, 0.717) is 12.5 Å². The van der Waals surface area contributed by atoms with Gasteiger partial charge in [-0.2, -0.15) is 4.98 Å². The Balaban J connectivity index is 1.94. The fourth-order valence-corrected chi connectivity index (χ4v) is 3.75. The van der Waals surface area contributed by atoms with E-state index in [-0.39, 0.29) is 11.9 Å². The second-order valence-corrected chi connectivity index (χ2v) is 5.91. The number of carbonyl (C=O) groups is 1. The number of methoxy groups -OCH3 is 1. The van der Waals surface area contributed by atoms with Gasteiger partial charge in [-0.3, -0.25) is 4.79 Å². The average Bonchev–Trinajstić information content (AvgIpc) is 2.51. The third kappa shape index (κ3) is 2.57. The lowest BCUT2D eigenvalue weighted by molar-refractivity contribution is -0.147. The molecule has 112 valence electrons. The van der Waals surface area contributed by atoms with Gasteiger partial charge in [-0.25, -0.2) is 4.98 Å². The summed E-state index contributed by atoms with van der Waals surface area (Å²) in [6.07, 6.45) is 4.23. The van der Waals surface area contributed by atoms with E-state index < -0.39 is 0 Å². The van der Waals surface area contributed by atoms with Crippen molar-refractivity contribution in [3.63, 3.8) is 0 Å². The zero-order valence-corrected chi connectivity index (χ0v) is 12.8. The maximum absolute atomic E-state index is 12.2. The SMILES string of the molecule is CCOC(=O)C1CCCC2=C1Nc1c(OC)ncnc1S2. The van der Waals surface area contributed by atoms with Gasteiger partial charge in [0.1, 0.15) is 17.0 Å². The van der Waals surface area contributed by atoms with Crippen LogP contribution in [0.3, 0.4) is 0 Å². The molecule has 21 heavy (non-hydrogen) atoms. The van der Waals surface area contributed by atoms with Crippen LogP contribution in [0.1, 0.15) is 26.2 Å². The van der Waals surface area contributed by atoms with Gasteiger partial charge in [0.25, 0.3) is 0 Å². The number of allylic oxidation sites excluding steroid dienone is 1. The van der Waals surface area contributed by atoms with Crippen molar-refractivity contribution in [2.75, 3.05) is 19.0 Å². The lowest BCUT2D eigenvalue weighted by atomic mass is 9.91. The molecule has 7 heteroatoms. The maximum Gasteiger partial charge on any atom is 0.314 e. The largest absolute Gasteiger partial charge is 0.479 e.